The number of ether oxygens (including phenoxy) is 1. The van der Waals surface area contributed by atoms with E-state index in [4.69, 9.17) is 0 Å². The van der Waals surface area contributed by atoms with Crippen LogP contribution in [0.2, 0.25) is 0 Å². The van der Waals surface area contributed by atoms with E-state index < -0.39 is 5.97 Å². The number of amides is 1. The smallest absolute Gasteiger partial charge is 0.330 e. The first-order valence-corrected chi connectivity index (χ1v) is 4.21. The quantitative estimate of drug-likeness (QED) is 0.516. The zero-order valence-electron chi connectivity index (χ0n) is 8.16. The van der Waals surface area contributed by atoms with E-state index >= 15 is 0 Å². The highest BCUT2D eigenvalue weighted by Gasteiger charge is 1.99. The molecule has 0 radical (unpaired) electrons. The van der Waals surface area contributed by atoms with Crippen LogP contribution in [-0.4, -0.2) is 24.5 Å². The van der Waals surface area contributed by atoms with Gasteiger partial charge in [0.05, 0.1) is 6.61 Å². The summed E-state index contributed by atoms with van der Waals surface area (Å²) in [5, 5.41) is 2.61. The highest BCUT2D eigenvalue weighted by Crippen LogP contribution is 1.83. The SMILES string of the molecule is CCOC(=O)/C=C\C(=O)NC(C)C. The zero-order valence-corrected chi connectivity index (χ0v) is 8.16. The second kappa shape index (κ2) is 6.22. The van der Waals surface area contributed by atoms with Crippen LogP contribution >= 0.6 is 0 Å². The van der Waals surface area contributed by atoms with Crippen LogP contribution in [0, 0.1) is 0 Å². The topological polar surface area (TPSA) is 55.4 Å². The molecule has 0 aliphatic rings. The van der Waals surface area contributed by atoms with E-state index in [2.05, 4.69) is 10.1 Å². The summed E-state index contributed by atoms with van der Waals surface area (Å²) in [4.78, 5) is 21.7. The van der Waals surface area contributed by atoms with E-state index in [1.54, 1.807) is 6.92 Å². The molecule has 0 unspecified atom stereocenters. The van der Waals surface area contributed by atoms with Crippen LogP contribution in [0.3, 0.4) is 0 Å². The molecule has 13 heavy (non-hydrogen) atoms. The Morgan fingerprint density at radius 3 is 2.46 bits per heavy atom. The van der Waals surface area contributed by atoms with E-state index in [9.17, 15) is 9.59 Å². The van der Waals surface area contributed by atoms with E-state index in [-0.39, 0.29) is 11.9 Å². The Hall–Kier alpha value is -1.32. The van der Waals surface area contributed by atoms with Gasteiger partial charge in [0, 0.05) is 18.2 Å². The Balaban J connectivity index is 3.83. The predicted octanol–water partition coefficient (Wildman–Crippen LogP) is 0.630. The third-order valence-corrected chi connectivity index (χ3v) is 1.09. The van der Waals surface area contributed by atoms with Crippen molar-refractivity contribution < 1.29 is 14.3 Å². The fourth-order valence-electron chi connectivity index (χ4n) is 0.667. The summed E-state index contributed by atoms with van der Waals surface area (Å²) in [6, 6.07) is 0.0688. The Morgan fingerprint density at radius 1 is 1.38 bits per heavy atom. The van der Waals surface area contributed by atoms with Crippen LogP contribution in [0.25, 0.3) is 0 Å². The summed E-state index contributed by atoms with van der Waals surface area (Å²) in [5.41, 5.74) is 0. The van der Waals surface area contributed by atoms with Gasteiger partial charge >= 0.3 is 5.97 Å². The van der Waals surface area contributed by atoms with Gasteiger partial charge in [-0.2, -0.15) is 0 Å². The number of rotatable bonds is 4. The van der Waals surface area contributed by atoms with Gasteiger partial charge in [-0.05, 0) is 20.8 Å². The summed E-state index contributed by atoms with van der Waals surface area (Å²) in [6.45, 7) is 5.71. The molecule has 0 aromatic carbocycles. The molecule has 4 nitrogen and oxygen atoms in total. The molecule has 0 bridgehead atoms. The summed E-state index contributed by atoms with van der Waals surface area (Å²) in [7, 11) is 0. The molecule has 0 fully saturated rings. The fourth-order valence-corrected chi connectivity index (χ4v) is 0.667. The van der Waals surface area contributed by atoms with Crippen molar-refractivity contribution in [1.82, 2.24) is 5.32 Å². The Labute approximate surface area is 78.0 Å². The maximum atomic E-state index is 11.0. The van der Waals surface area contributed by atoms with Crippen molar-refractivity contribution in [2.45, 2.75) is 26.8 Å². The van der Waals surface area contributed by atoms with Crippen LogP contribution in [0.4, 0.5) is 0 Å². The van der Waals surface area contributed by atoms with Gasteiger partial charge in [-0.25, -0.2) is 4.79 Å². The van der Waals surface area contributed by atoms with Crippen LogP contribution in [0.1, 0.15) is 20.8 Å². The summed E-state index contributed by atoms with van der Waals surface area (Å²) >= 11 is 0. The van der Waals surface area contributed by atoms with E-state index in [1.807, 2.05) is 13.8 Å². The monoisotopic (exact) mass is 185 g/mol. The molecular formula is C9H15NO3. The number of nitrogens with one attached hydrogen (secondary N) is 1. The minimum atomic E-state index is -0.499. The third kappa shape index (κ3) is 7.05. The number of carbonyl (C=O) groups excluding carboxylic acids is 2. The van der Waals surface area contributed by atoms with Crippen molar-refractivity contribution in [3.8, 4) is 0 Å². The molecule has 0 aliphatic carbocycles. The van der Waals surface area contributed by atoms with Crippen molar-refractivity contribution in [3.05, 3.63) is 12.2 Å². The lowest BCUT2D eigenvalue weighted by atomic mass is 10.4. The van der Waals surface area contributed by atoms with Gasteiger partial charge in [-0.3, -0.25) is 4.79 Å². The minimum Gasteiger partial charge on any atom is -0.463 e. The van der Waals surface area contributed by atoms with Gasteiger partial charge in [0.25, 0.3) is 0 Å². The molecule has 4 heteroatoms. The molecule has 0 saturated carbocycles. The zero-order chi connectivity index (χ0) is 10.3. The Kier molecular flexibility index (Phi) is 5.59. The molecule has 0 aromatic rings. The van der Waals surface area contributed by atoms with Gasteiger partial charge < -0.3 is 10.1 Å². The molecule has 0 spiro atoms. The molecule has 0 saturated heterocycles. The number of esters is 1. The van der Waals surface area contributed by atoms with Crippen LogP contribution in [0.5, 0.6) is 0 Å². The molecule has 0 aromatic heterocycles. The normalized spacial score (nSPS) is 10.5. The molecule has 1 N–H and O–H groups in total. The lowest BCUT2D eigenvalue weighted by molar-refractivity contribution is -0.137. The van der Waals surface area contributed by atoms with Gasteiger partial charge in [0.1, 0.15) is 0 Å². The first-order valence-electron chi connectivity index (χ1n) is 4.21. The number of carbonyl (C=O) groups is 2. The predicted molar refractivity (Wildman–Crippen MR) is 49.1 cm³/mol. The van der Waals surface area contributed by atoms with Crippen molar-refractivity contribution >= 4 is 11.9 Å². The highest BCUT2D eigenvalue weighted by atomic mass is 16.5. The molecule has 74 valence electrons. The first-order chi connectivity index (χ1) is 6.06. The average molecular weight is 185 g/mol. The van der Waals surface area contributed by atoms with Crippen molar-refractivity contribution in [3.63, 3.8) is 0 Å². The third-order valence-electron chi connectivity index (χ3n) is 1.09. The van der Waals surface area contributed by atoms with Crippen LogP contribution in [-0.2, 0) is 14.3 Å². The van der Waals surface area contributed by atoms with Crippen LogP contribution in [0.15, 0.2) is 12.2 Å². The molecule has 0 heterocycles. The number of hydrogen-bond acceptors (Lipinski definition) is 3. The molecule has 0 atom stereocenters. The van der Waals surface area contributed by atoms with Crippen LogP contribution < -0.4 is 5.32 Å². The van der Waals surface area contributed by atoms with E-state index in [0.29, 0.717) is 6.61 Å². The summed E-state index contributed by atoms with van der Waals surface area (Å²) in [5.74, 6) is -0.788. The van der Waals surface area contributed by atoms with Crippen molar-refractivity contribution in [2.24, 2.45) is 0 Å². The molecule has 1 amide bonds. The average Bonchev–Trinajstić information content (AvgIpc) is 2.00. The first kappa shape index (κ1) is 11.7. The second-order valence-corrected chi connectivity index (χ2v) is 2.75. The summed E-state index contributed by atoms with van der Waals surface area (Å²) in [6.07, 6.45) is 2.28. The van der Waals surface area contributed by atoms with Gasteiger partial charge in [0.15, 0.2) is 0 Å². The molecule has 0 aliphatic heterocycles. The second-order valence-electron chi connectivity index (χ2n) is 2.75. The van der Waals surface area contributed by atoms with E-state index in [0.717, 1.165) is 12.2 Å². The lowest BCUT2D eigenvalue weighted by Gasteiger charge is -2.03. The Bertz CT molecular complexity index is 209. The lowest BCUT2D eigenvalue weighted by Crippen LogP contribution is -2.28. The van der Waals surface area contributed by atoms with Gasteiger partial charge in [0.2, 0.25) is 5.91 Å². The number of hydrogen-bond donors (Lipinski definition) is 1. The standard InChI is InChI=1S/C9H15NO3/c1-4-13-9(12)6-5-8(11)10-7(2)3/h5-7H,4H2,1-3H3,(H,10,11)/b6-5-. The largest absolute Gasteiger partial charge is 0.463 e. The fraction of sp³-hybridized carbons (Fsp3) is 0.556. The minimum absolute atomic E-state index is 0.0688. The highest BCUT2D eigenvalue weighted by molar-refractivity contribution is 5.94. The molecular weight excluding hydrogens is 170 g/mol. The van der Waals surface area contributed by atoms with Gasteiger partial charge in [-0.15, -0.1) is 0 Å². The van der Waals surface area contributed by atoms with Crippen molar-refractivity contribution in [1.29, 1.82) is 0 Å². The van der Waals surface area contributed by atoms with Gasteiger partial charge in [-0.1, -0.05) is 0 Å². The molecule has 0 rings (SSSR count). The van der Waals surface area contributed by atoms with Crippen molar-refractivity contribution in [2.75, 3.05) is 6.61 Å². The van der Waals surface area contributed by atoms with E-state index in [1.165, 1.54) is 0 Å². The maximum Gasteiger partial charge on any atom is 0.330 e. The summed E-state index contributed by atoms with van der Waals surface area (Å²) < 4.78 is 4.59. The maximum absolute atomic E-state index is 11.0. The Morgan fingerprint density at radius 2 is 2.00 bits per heavy atom.